The van der Waals surface area contributed by atoms with E-state index in [0.717, 1.165) is 11.3 Å². The van der Waals surface area contributed by atoms with Gasteiger partial charge in [-0.3, -0.25) is 4.79 Å². The number of carbonyl (C=O) groups is 1. The second-order valence-corrected chi connectivity index (χ2v) is 5.28. The first-order valence-corrected chi connectivity index (χ1v) is 7.03. The predicted molar refractivity (Wildman–Crippen MR) is 80.4 cm³/mol. The van der Waals surface area contributed by atoms with Crippen LogP contribution in [0.1, 0.15) is 23.0 Å². The van der Waals surface area contributed by atoms with Crippen LogP contribution in [0.4, 0.5) is 0 Å². The summed E-state index contributed by atoms with van der Waals surface area (Å²) in [5.74, 6) is 0.985. The normalized spacial score (nSPS) is 23.4. The van der Waals surface area contributed by atoms with Crippen LogP contribution < -0.4 is 4.74 Å². The summed E-state index contributed by atoms with van der Waals surface area (Å²) in [6, 6.07) is 18.1. The van der Waals surface area contributed by atoms with Crippen LogP contribution in [0.2, 0.25) is 0 Å². The maximum atomic E-state index is 12.0. The molecule has 2 aromatic rings. The molecule has 3 heteroatoms. The SMILES string of the molecule is COC(=O)C1C(c2ccccc2)C1c1ccc(OC)cc1. The molecule has 3 atom stereocenters. The Morgan fingerprint density at radius 3 is 1.95 bits per heavy atom. The lowest BCUT2D eigenvalue weighted by Crippen LogP contribution is -2.05. The Balaban J connectivity index is 1.90. The minimum absolute atomic E-state index is 0.0919. The molecule has 0 spiro atoms. The van der Waals surface area contributed by atoms with Gasteiger partial charge in [0, 0.05) is 11.8 Å². The van der Waals surface area contributed by atoms with E-state index in [0.29, 0.717) is 0 Å². The molecule has 3 rings (SSSR count). The van der Waals surface area contributed by atoms with Crippen LogP contribution >= 0.6 is 0 Å². The molecular formula is C18H18O3. The van der Waals surface area contributed by atoms with Crippen LogP contribution in [0.15, 0.2) is 54.6 Å². The fourth-order valence-corrected chi connectivity index (χ4v) is 3.07. The molecule has 3 nitrogen and oxygen atoms in total. The summed E-state index contributed by atoms with van der Waals surface area (Å²) >= 11 is 0. The Kier molecular flexibility index (Phi) is 3.65. The monoisotopic (exact) mass is 282 g/mol. The average Bonchev–Trinajstić information content (AvgIpc) is 3.30. The van der Waals surface area contributed by atoms with Gasteiger partial charge in [-0.05, 0) is 23.3 Å². The largest absolute Gasteiger partial charge is 0.497 e. The summed E-state index contributed by atoms with van der Waals surface area (Å²) in [5, 5.41) is 0. The van der Waals surface area contributed by atoms with Crippen LogP contribution in [0.25, 0.3) is 0 Å². The van der Waals surface area contributed by atoms with E-state index in [4.69, 9.17) is 9.47 Å². The number of rotatable bonds is 4. The summed E-state index contributed by atoms with van der Waals surface area (Å²) in [6.45, 7) is 0. The summed E-state index contributed by atoms with van der Waals surface area (Å²) in [5.41, 5.74) is 2.34. The summed E-state index contributed by atoms with van der Waals surface area (Å²) in [7, 11) is 3.10. The van der Waals surface area contributed by atoms with Crippen LogP contribution in [-0.4, -0.2) is 20.2 Å². The number of benzene rings is 2. The Morgan fingerprint density at radius 2 is 1.43 bits per heavy atom. The highest BCUT2D eigenvalue weighted by molar-refractivity contribution is 5.80. The van der Waals surface area contributed by atoms with Gasteiger partial charge in [0.15, 0.2) is 0 Å². The van der Waals surface area contributed by atoms with Crippen LogP contribution in [0.5, 0.6) is 5.75 Å². The van der Waals surface area contributed by atoms with E-state index in [1.165, 1.54) is 12.7 Å². The molecule has 0 N–H and O–H groups in total. The zero-order valence-corrected chi connectivity index (χ0v) is 12.2. The molecule has 0 radical (unpaired) electrons. The van der Waals surface area contributed by atoms with Crippen molar-refractivity contribution in [1.82, 2.24) is 0 Å². The average molecular weight is 282 g/mol. The lowest BCUT2D eigenvalue weighted by molar-refractivity contribution is -0.142. The van der Waals surface area contributed by atoms with Crippen molar-refractivity contribution in [3.05, 3.63) is 65.7 Å². The number of ether oxygens (including phenoxy) is 2. The van der Waals surface area contributed by atoms with Crippen molar-refractivity contribution in [2.24, 2.45) is 5.92 Å². The van der Waals surface area contributed by atoms with Gasteiger partial charge in [0.1, 0.15) is 5.75 Å². The molecular weight excluding hydrogens is 264 g/mol. The van der Waals surface area contributed by atoms with Crippen LogP contribution in [-0.2, 0) is 9.53 Å². The topological polar surface area (TPSA) is 35.5 Å². The van der Waals surface area contributed by atoms with E-state index in [9.17, 15) is 4.79 Å². The molecule has 108 valence electrons. The minimum Gasteiger partial charge on any atom is -0.497 e. The Hall–Kier alpha value is -2.29. The third-order valence-corrected chi connectivity index (χ3v) is 4.18. The van der Waals surface area contributed by atoms with Gasteiger partial charge >= 0.3 is 5.97 Å². The molecule has 0 aliphatic heterocycles. The maximum absolute atomic E-state index is 12.0. The van der Waals surface area contributed by atoms with Gasteiger partial charge in [-0.1, -0.05) is 42.5 Å². The highest BCUT2D eigenvalue weighted by Crippen LogP contribution is 2.60. The second-order valence-electron chi connectivity index (χ2n) is 5.28. The molecule has 3 unspecified atom stereocenters. The molecule has 0 heterocycles. The van der Waals surface area contributed by atoms with Gasteiger partial charge < -0.3 is 9.47 Å². The lowest BCUT2D eigenvalue weighted by Gasteiger charge is -2.03. The quantitative estimate of drug-likeness (QED) is 0.807. The van der Waals surface area contributed by atoms with Crippen molar-refractivity contribution in [2.75, 3.05) is 14.2 Å². The van der Waals surface area contributed by atoms with Crippen molar-refractivity contribution in [3.63, 3.8) is 0 Å². The van der Waals surface area contributed by atoms with Crippen molar-refractivity contribution in [2.45, 2.75) is 11.8 Å². The molecule has 1 aliphatic rings. The highest BCUT2D eigenvalue weighted by atomic mass is 16.5. The highest BCUT2D eigenvalue weighted by Gasteiger charge is 2.56. The van der Waals surface area contributed by atoms with Gasteiger partial charge in [-0.2, -0.15) is 0 Å². The van der Waals surface area contributed by atoms with Crippen LogP contribution in [0.3, 0.4) is 0 Å². The molecule has 0 amide bonds. The van der Waals surface area contributed by atoms with E-state index in [1.54, 1.807) is 7.11 Å². The van der Waals surface area contributed by atoms with E-state index >= 15 is 0 Å². The van der Waals surface area contributed by atoms with E-state index in [1.807, 2.05) is 42.5 Å². The van der Waals surface area contributed by atoms with E-state index in [2.05, 4.69) is 12.1 Å². The zero-order valence-electron chi connectivity index (χ0n) is 12.2. The fourth-order valence-electron chi connectivity index (χ4n) is 3.07. The molecule has 0 bridgehead atoms. The molecule has 0 saturated heterocycles. The number of esters is 1. The molecule has 1 fully saturated rings. The van der Waals surface area contributed by atoms with Gasteiger partial charge in [-0.15, -0.1) is 0 Å². The van der Waals surface area contributed by atoms with E-state index in [-0.39, 0.29) is 23.7 Å². The molecule has 2 aromatic carbocycles. The minimum atomic E-state index is -0.135. The van der Waals surface area contributed by atoms with Gasteiger partial charge in [0.25, 0.3) is 0 Å². The molecule has 21 heavy (non-hydrogen) atoms. The Morgan fingerprint density at radius 1 is 0.857 bits per heavy atom. The van der Waals surface area contributed by atoms with Crippen molar-refractivity contribution in [3.8, 4) is 5.75 Å². The fraction of sp³-hybridized carbons (Fsp3) is 0.278. The second kappa shape index (κ2) is 5.60. The lowest BCUT2D eigenvalue weighted by atomic mass is 10.0. The summed E-state index contributed by atoms with van der Waals surface area (Å²) in [6.07, 6.45) is 0. The number of methoxy groups -OCH3 is 2. The standard InChI is InChI=1S/C18H18O3/c1-20-14-10-8-13(9-11-14)16-15(17(16)18(19)21-2)12-6-4-3-5-7-12/h3-11,15-17H,1-2H3. The number of hydrogen-bond donors (Lipinski definition) is 0. The van der Waals surface area contributed by atoms with Gasteiger partial charge in [-0.25, -0.2) is 0 Å². The maximum Gasteiger partial charge on any atom is 0.309 e. The first kappa shape index (κ1) is 13.7. The zero-order chi connectivity index (χ0) is 14.8. The van der Waals surface area contributed by atoms with Crippen molar-refractivity contribution >= 4 is 5.97 Å². The summed E-state index contributed by atoms with van der Waals surface area (Å²) in [4.78, 5) is 12.0. The van der Waals surface area contributed by atoms with E-state index < -0.39 is 0 Å². The smallest absolute Gasteiger partial charge is 0.309 e. The molecule has 0 aromatic heterocycles. The molecule has 1 aliphatic carbocycles. The summed E-state index contributed by atoms with van der Waals surface area (Å²) < 4.78 is 10.1. The van der Waals surface area contributed by atoms with Crippen molar-refractivity contribution < 1.29 is 14.3 Å². The third-order valence-electron chi connectivity index (χ3n) is 4.18. The predicted octanol–water partition coefficient (Wildman–Crippen LogP) is 3.37. The first-order chi connectivity index (χ1) is 10.3. The number of hydrogen-bond acceptors (Lipinski definition) is 3. The Labute approximate surface area is 124 Å². The Bertz CT molecular complexity index is 619. The van der Waals surface area contributed by atoms with Crippen molar-refractivity contribution in [1.29, 1.82) is 0 Å². The third kappa shape index (κ3) is 2.51. The first-order valence-electron chi connectivity index (χ1n) is 7.03. The van der Waals surface area contributed by atoms with Gasteiger partial charge in [0.2, 0.25) is 0 Å². The van der Waals surface area contributed by atoms with Gasteiger partial charge in [0.05, 0.1) is 20.1 Å². The molecule has 1 saturated carbocycles. The van der Waals surface area contributed by atoms with Crippen LogP contribution in [0, 0.1) is 5.92 Å². The number of carbonyl (C=O) groups excluding carboxylic acids is 1.